The molecule has 1 aromatic carbocycles. The maximum Gasteiger partial charge on any atom is 0.222 e. The van der Waals surface area contributed by atoms with E-state index in [4.69, 9.17) is 4.74 Å². The van der Waals surface area contributed by atoms with Crippen LogP contribution in [0.15, 0.2) is 24.3 Å². The molecule has 0 radical (unpaired) electrons. The lowest BCUT2D eigenvalue weighted by molar-refractivity contribution is -0.210. The highest BCUT2D eigenvalue weighted by atomic mass is 19.1. The molecule has 2 aliphatic rings. The summed E-state index contributed by atoms with van der Waals surface area (Å²) in [4.78, 5) is 14.3. The molecule has 3 rings (SSSR count). The lowest BCUT2D eigenvalue weighted by Crippen LogP contribution is -2.62. The number of ether oxygens (including phenoxy) is 1. The molecule has 1 aliphatic heterocycles. The van der Waals surface area contributed by atoms with E-state index in [1.807, 2.05) is 11.8 Å². The zero-order valence-corrected chi connectivity index (χ0v) is 14.2. The number of halogens is 1. The summed E-state index contributed by atoms with van der Waals surface area (Å²) in [5.74, 6) is -0.120. The molecule has 2 fully saturated rings. The predicted octanol–water partition coefficient (Wildman–Crippen LogP) is 2.54. The summed E-state index contributed by atoms with van der Waals surface area (Å²) in [6.07, 6.45) is 3.23. The van der Waals surface area contributed by atoms with Crippen molar-refractivity contribution < 1.29 is 19.0 Å². The number of hydrogen-bond donors (Lipinski definition) is 1. The average molecular weight is 335 g/mol. The topological polar surface area (TPSA) is 49.8 Å². The summed E-state index contributed by atoms with van der Waals surface area (Å²) in [7, 11) is 0. The van der Waals surface area contributed by atoms with Crippen molar-refractivity contribution >= 4 is 5.91 Å². The minimum Gasteiger partial charge on any atom is -0.392 e. The monoisotopic (exact) mass is 335 g/mol. The molecule has 1 aliphatic carbocycles. The van der Waals surface area contributed by atoms with Gasteiger partial charge in [0.15, 0.2) is 0 Å². The van der Waals surface area contributed by atoms with Gasteiger partial charge in [-0.05, 0) is 43.9 Å². The zero-order chi connectivity index (χ0) is 17.2. The smallest absolute Gasteiger partial charge is 0.222 e. The summed E-state index contributed by atoms with van der Waals surface area (Å²) in [6, 6.07) is 6.31. The molecule has 132 valence electrons. The van der Waals surface area contributed by atoms with Gasteiger partial charge in [0.05, 0.1) is 12.2 Å². The van der Waals surface area contributed by atoms with Gasteiger partial charge in [-0.15, -0.1) is 0 Å². The predicted molar refractivity (Wildman–Crippen MR) is 89.0 cm³/mol. The third-order valence-electron chi connectivity index (χ3n) is 5.70. The molecule has 24 heavy (non-hydrogen) atoms. The van der Waals surface area contributed by atoms with Gasteiger partial charge in [0.1, 0.15) is 5.82 Å². The van der Waals surface area contributed by atoms with Crippen LogP contribution in [0.1, 0.15) is 38.2 Å². The molecular weight excluding hydrogens is 309 g/mol. The molecule has 0 aromatic heterocycles. The van der Waals surface area contributed by atoms with Crippen LogP contribution in [0.25, 0.3) is 0 Å². The quantitative estimate of drug-likeness (QED) is 0.900. The number of carbonyl (C=O) groups is 1. The minimum absolute atomic E-state index is 0.133. The second kappa shape index (κ2) is 7.19. The Bertz CT molecular complexity index is 564. The molecule has 2 unspecified atom stereocenters. The highest BCUT2D eigenvalue weighted by molar-refractivity contribution is 5.76. The van der Waals surface area contributed by atoms with E-state index >= 15 is 0 Å². The third-order valence-corrected chi connectivity index (χ3v) is 5.70. The number of rotatable bonds is 5. The molecule has 5 heteroatoms. The second-order valence-electron chi connectivity index (χ2n) is 6.94. The van der Waals surface area contributed by atoms with E-state index in [0.717, 1.165) is 18.4 Å². The second-order valence-corrected chi connectivity index (χ2v) is 6.94. The van der Waals surface area contributed by atoms with Gasteiger partial charge in [-0.25, -0.2) is 4.39 Å². The van der Waals surface area contributed by atoms with Gasteiger partial charge >= 0.3 is 0 Å². The van der Waals surface area contributed by atoms with E-state index in [2.05, 4.69) is 0 Å². The molecule has 2 atom stereocenters. The Hall–Kier alpha value is -1.46. The van der Waals surface area contributed by atoms with Crippen LogP contribution >= 0.6 is 0 Å². The van der Waals surface area contributed by atoms with Crippen molar-refractivity contribution in [3.63, 3.8) is 0 Å². The van der Waals surface area contributed by atoms with E-state index in [-0.39, 0.29) is 29.3 Å². The van der Waals surface area contributed by atoms with Crippen molar-refractivity contribution in [2.75, 3.05) is 19.7 Å². The molecule has 1 aromatic rings. The van der Waals surface area contributed by atoms with Crippen LogP contribution < -0.4 is 0 Å². The first kappa shape index (κ1) is 17.4. The fourth-order valence-corrected chi connectivity index (χ4v) is 4.05. The van der Waals surface area contributed by atoms with Gasteiger partial charge in [-0.1, -0.05) is 12.1 Å². The number of carbonyl (C=O) groups excluding carboxylic acids is 1. The van der Waals surface area contributed by atoms with Crippen LogP contribution in [0, 0.1) is 11.2 Å². The molecule has 4 nitrogen and oxygen atoms in total. The zero-order valence-electron chi connectivity index (χ0n) is 14.2. The number of aliphatic hydroxyl groups is 1. The summed E-state index contributed by atoms with van der Waals surface area (Å²) in [6.45, 7) is 4.01. The highest BCUT2D eigenvalue weighted by Gasteiger charge is 2.56. The minimum atomic E-state index is -0.300. The number of nitrogens with zero attached hydrogens (tertiary/aromatic N) is 1. The van der Waals surface area contributed by atoms with E-state index in [9.17, 15) is 14.3 Å². The Balaban J connectivity index is 1.49. The van der Waals surface area contributed by atoms with E-state index in [1.54, 1.807) is 12.1 Å². The van der Waals surface area contributed by atoms with Crippen LogP contribution in [0.5, 0.6) is 0 Å². The number of hydrogen-bond acceptors (Lipinski definition) is 3. The maximum atomic E-state index is 12.9. The fraction of sp³-hybridized carbons (Fsp3) is 0.632. The number of aryl methyl sites for hydroxylation is 1. The van der Waals surface area contributed by atoms with Crippen molar-refractivity contribution in [3.05, 3.63) is 35.6 Å². The Morgan fingerprint density at radius 2 is 2.00 bits per heavy atom. The normalized spacial score (nSPS) is 25.5. The Labute approximate surface area is 142 Å². The summed E-state index contributed by atoms with van der Waals surface area (Å²) in [5.41, 5.74) is 0.827. The van der Waals surface area contributed by atoms with Crippen LogP contribution in [0.3, 0.4) is 0 Å². The van der Waals surface area contributed by atoms with Crippen LogP contribution in [0.4, 0.5) is 4.39 Å². The summed E-state index contributed by atoms with van der Waals surface area (Å²) in [5, 5.41) is 10.2. The first-order valence-corrected chi connectivity index (χ1v) is 8.87. The van der Waals surface area contributed by atoms with Crippen molar-refractivity contribution in [2.24, 2.45) is 5.41 Å². The molecular formula is C19H26FNO3. The summed E-state index contributed by atoms with van der Waals surface area (Å²) >= 11 is 0. The average Bonchev–Trinajstić information content (AvgIpc) is 2.61. The number of amides is 1. The molecule has 1 heterocycles. The highest BCUT2D eigenvalue weighted by Crippen LogP contribution is 2.50. The molecule has 1 spiro atoms. The largest absolute Gasteiger partial charge is 0.392 e. The van der Waals surface area contributed by atoms with Gasteiger partial charge in [-0.2, -0.15) is 0 Å². The van der Waals surface area contributed by atoms with Gasteiger partial charge in [-0.3, -0.25) is 4.79 Å². The van der Waals surface area contributed by atoms with E-state index in [1.165, 1.54) is 12.1 Å². The fourth-order valence-electron chi connectivity index (χ4n) is 4.05. The van der Waals surface area contributed by atoms with Crippen molar-refractivity contribution in [3.8, 4) is 0 Å². The van der Waals surface area contributed by atoms with Crippen molar-refractivity contribution in [1.29, 1.82) is 0 Å². The molecule has 1 saturated carbocycles. The molecule has 1 amide bonds. The molecule has 1 saturated heterocycles. The number of piperidine rings is 1. The van der Waals surface area contributed by atoms with E-state index in [0.29, 0.717) is 39.0 Å². The lowest BCUT2D eigenvalue weighted by atomic mass is 9.58. The number of benzene rings is 1. The van der Waals surface area contributed by atoms with Gasteiger partial charge in [0.25, 0.3) is 0 Å². The Kier molecular flexibility index (Phi) is 5.21. The number of likely N-dealkylation sites (tertiary alicyclic amines) is 1. The van der Waals surface area contributed by atoms with Crippen LogP contribution in [0.2, 0.25) is 0 Å². The third kappa shape index (κ3) is 3.33. The molecule has 1 N–H and O–H groups in total. The Morgan fingerprint density at radius 1 is 1.33 bits per heavy atom. The Morgan fingerprint density at radius 3 is 2.58 bits per heavy atom. The SMILES string of the molecule is CCOC1CC(O)C12CCN(C(=O)CCc1ccc(F)cc1)CC2. The van der Waals surface area contributed by atoms with Gasteiger partial charge in [0.2, 0.25) is 5.91 Å². The van der Waals surface area contributed by atoms with Crippen molar-refractivity contribution in [2.45, 2.75) is 51.2 Å². The van der Waals surface area contributed by atoms with Gasteiger partial charge in [0, 0.05) is 38.0 Å². The molecule has 0 bridgehead atoms. The lowest BCUT2D eigenvalue weighted by Gasteiger charge is -2.56. The maximum absolute atomic E-state index is 12.9. The van der Waals surface area contributed by atoms with Gasteiger partial charge < -0.3 is 14.7 Å². The first-order chi connectivity index (χ1) is 11.5. The van der Waals surface area contributed by atoms with Crippen molar-refractivity contribution in [1.82, 2.24) is 4.90 Å². The standard InChI is InChI=1S/C19H26FNO3/c1-2-24-17-13-16(22)19(17)9-11-21(12-10-19)18(23)8-5-14-3-6-15(20)7-4-14/h3-4,6-7,16-17,22H,2,5,8-13H2,1H3. The first-order valence-electron chi connectivity index (χ1n) is 8.87. The summed E-state index contributed by atoms with van der Waals surface area (Å²) < 4.78 is 18.7. The number of aliphatic hydroxyl groups excluding tert-OH is 1. The van der Waals surface area contributed by atoms with Crippen LogP contribution in [-0.4, -0.2) is 47.8 Å². The van der Waals surface area contributed by atoms with Crippen LogP contribution in [-0.2, 0) is 16.0 Å². The van der Waals surface area contributed by atoms with E-state index < -0.39 is 0 Å².